The van der Waals surface area contributed by atoms with E-state index in [2.05, 4.69) is 12.2 Å². The van der Waals surface area contributed by atoms with Gasteiger partial charge in [0.1, 0.15) is 17.5 Å². The zero-order chi connectivity index (χ0) is 13.1. The van der Waals surface area contributed by atoms with Crippen LogP contribution in [0.25, 0.3) is 0 Å². The van der Waals surface area contributed by atoms with E-state index in [0.29, 0.717) is 6.04 Å². The molecule has 0 saturated heterocycles. The van der Waals surface area contributed by atoms with Gasteiger partial charge in [0.25, 0.3) is 0 Å². The maximum Gasteiger partial charge on any atom is 0.133 e. The maximum absolute atomic E-state index is 13.4. The third-order valence-electron chi connectivity index (χ3n) is 3.69. The minimum Gasteiger partial charge on any atom is -0.310 e. The van der Waals surface area contributed by atoms with Gasteiger partial charge in [0, 0.05) is 30.3 Å². The highest BCUT2D eigenvalue weighted by Gasteiger charge is 2.19. The van der Waals surface area contributed by atoms with Gasteiger partial charge in [-0.15, -0.1) is 0 Å². The van der Waals surface area contributed by atoms with E-state index >= 15 is 0 Å². The summed E-state index contributed by atoms with van der Waals surface area (Å²) in [7, 11) is 0. The summed E-state index contributed by atoms with van der Waals surface area (Å²) in [6.45, 7) is 2.34. The standard InChI is InChI=1S/C14H18F3N/c1-9-2-4-11(5-3-9)18-8-12-13(16)6-10(15)7-14(12)17/h6-7,9,11,18H,2-5,8H2,1H3. The first-order valence-electron chi connectivity index (χ1n) is 6.43. The monoisotopic (exact) mass is 257 g/mol. The molecule has 2 rings (SSSR count). The number of hydrogen-bond donors (Lipinski definition) is 1. The van der Waals surface area contributed by atoms with Gasteiger partial charge in [-0.3, -0.25) is 0 Å². The summed E-state index contributed by atoms with van der Waals surface area (Å²) in [6, 6.07) is 1.76. The molecule has 1 nitrogen and oxygen atoms in total. The van der Waals surface area contributed by atoms with Crippen molar-refractivity contribution in [3.05, 3.63) is 35.1 Å². The van der Waals surface area contributed by atoms with E-state index in [9.17, 15) is 13.2 Å². The van der Waals surface area contributed by atoms with E-state index < -0.39 is 17.5 Å². The van der Waals surface area contributed by atoms with Gasteiger partial charge in [-0.05, 0) is 31.6 Å². The van der Waals surface area contributed by atoms with Crippen LogP contribution in [-0.2, 0) is 6.54 Å². The second-order valence-electron chi connectivity index (χ2n) is 5.19. The molecule has 1 N–H and O–H groups in total. The third-order valence-corrected chi connectivity index (χ3v) is 3.69. The smallest absolute Gasteiger partial charge is 0.133 e. The van der Waals surface area contributed by atoms with Crippen LogP contribution in [0.1, 0.15) is 38.2 Å². The Labute approximate surface area is 105 Å². The van der Waals surface area contributed by atoms with Crippen LogP contribution >= 0.6 is 0 Å². The SMILES string of the molecule is CC1CCC(NCc2c(F)cc(F)cc2F)CC1. The lowest BCUT2D eigenvalue weighted by Crippen LogP contribution is -2.32. The lowest BCUT2D eigenvalue weighted by atomic mass is 9.87. The number of halogens is 3. The Hall–Kier alpha value is -1.03. The van der Waals surface area contributed by atoms with Gasteiger partial charge in [-0.25, -0.2) is 13.2 Å². The first-order chi connectivity index (χ1) is 8.56. The normalized spacial score (nSPS) is 24.2. The molecule has 0 spiro atoms. The van der Waals surface area contributed by atoms with Crippen molar-refractivity contribution < 1.29 is 13.2 Å². The Morgan fingerprint density at radius 2 is 1.61 bits per heavy atom. The topological polar surface area (TPSA) is 12.0 Å². The lowest BCUT2D eigenvalue weighted by molar-refractivity contribution is 0.304. The van der Waals surface area contributed by atoms with Crippen LogP contribution in [0.4, 0.5) is 13.2 Å². The highest BCUT2D eigenvalue weighted by Crippen LogP contribution is 2.24. The molecule has 0 radical (unpaired) electrons. The van der Waals surface area contributed by atoms with E-state index in [0.717, 1.165) is 43.7 Å². The van der Waals surface area contributed by atoms with Crippen molar-refractivity contribution in [3.8, 4) is 0 Å². The molecule has 0 aliphatic heterocycles. The Kier molecular flexibility index (Phi) is 4.27. The zero-order valence-electron chi connectivity index (χ0n) is 10.5. The molecule has 0 atom stereocenters. The highest BCUT2D eigenvalue weighted by molar-refractivity contribution is 5.20. The fourth-order valence-electron chi connectivity index (χ4n) is 2.45. The second kappa shape index (κ2) is 5.74. The molecule has 0 bridgehead atoms. The van der Waals surface area contributed by atoms with Crippen molar-refractivity contribution in [1.82, 2.24) is 5.32 Å². The van der Waals surface area contributed by atoms with Gasteiger partial charge < -0.3 is 5.32 Å². The highest BCUT2D eigenvalue weighted by atomic mass is 19.1. The third kappa shape index (κ3) is 3.25. The molecule has 0 unspecified atom stereocenters. The fraction of sp³-hybridized carbons (Fsp3) is 0.571. The molecule has 0 aromatic heterocycles. The average molecular weight is 257 g/mol. The van der Waals surface area contributed by atoms with E-state index in [1.165, 1.54) is 0 Å². The molecule has 100 valence electrons. The molecule has 1 aromatic rings. The van der Waals surface area contributed by atoms with Gasteiger partial charge >= 0.3 is 0 Å². The quantitative estimate of drug-likeness (QED) is 0.869. The van der Waals surface area contributed by atoms with Crippen LogP contribution in [0, 0.1) is 23.4 Å². The van der Waals surface area contributed by atoms with E-state index in [-0.39, 0.29) is 12.1 Å². The largest absolute Gasteiger partial charge is 0.310 e. The molecule has 0 heterocycles. The molecular weight excluding hydrogens is 239 g/mol. The van der Waals surface area contributed by atoms with Crippen molar-refractivity contribution in [1.29, 1.82) is 0 Å². The summed E-state index contributed by atoms with van der Waals surface area (Å²) in [4.78, 5) is 0. The number of nitrogens with one attached hydrogen (secondary N) is 1. The fourth-order valence-corrected chi connectivity index (χ4v) is 2.45. The van der Waals surface area contributed by atoms with Crippen molar-refractivity contribution >= 4 is 0 Å². The molecule has 1 aliphatic carbocycles. The summed E-state index contributed by atoms with van der Waals surface area (Å²) in [5.74, 6) is -1.77. The molecule has 4 heteroatoms. The van der Waals surface area contributed by atoms with Crippen LogP contribution in [0.3, 0.4) is 0 Å². The van der Waals surface area contributed by atoms with Gasteiger partial charge in [-0.1, -0.05) is 6.92 Å². The Balaban J connectivity index is 1.94. The maximum atomic E-state index is 13.4. The van der Waals surface area contributed by atoms with Crippen molar-refractivity contribution in [2.24, 2.45) is 5.92 Å². The number of benzene rings is 1. The van der Waals surface area contributed by atoms with E-state index in [1.807, 2.05) is 0 Å². The van der Waals surface area contributed by atoms with Crippen LogP contribution < -0.4 is 5.32 Å². The first-order valence-corrected chi connectivity index (χ1v) is 6.43. The molecular formula is C14H18F3N. The molecule has 1 fully saturated rings. The Bertz CT molecular complexity index is 388. The van der Waals surface area contributed by atoms with E-state index in [4.69, 9.17) is 0 Å². The molecule has 1 aromatic carbocycles. The van der Waals surface area contributed by atoms with Crippen LogP contribution in [0.5, 0.6) is 0 Å². The lowest BCUT2D eigenvalue weighted by Gasteiger charge is -2.27. The first kappa shape index (κ1) is 13.4. The van der Waals surface area contributed by atoms with Gasteiger partial charge in [0.15, 0.2) is 0 Å². The molecule has 1 aliphatic rings. The predicted octanol–water partition coefficient (Wildman–Crippen LogP) is 3.77. The predicted molar refractivity (Wildman–Crippen MR) is 64.6 cm³/mol. The summed E-state index contributed by atoms with van der Waals surface area (Å²) in [5, 5.41) is 3.16. The minimum absolute atomic E-state index is 0.0741. The van der Waals surface area contributed by atoms with Gasteiger partial charge in [-0.2, -0.15) is 0 Å². The molecule has 18 heavy (non-hydrogen) atoms. The Morgan fingerprint density at radius 1 is 1.06 bits per heavy atom. The Morgan fingerprint density at radius 3 is 2.17 bits per heavy atom. The molecule has 1 saturated carbocycles. The van der Waals surface area contributed by atoms with E-state index in [1.54, 1.807) is 0 Å². The van der Waals surface area contributed by atoms with Crippen LogP contribution in [0.15, 0.2) is 12.1 Å². The van der Waals surface area contributed by atoms with Gasteiger partial charge in [0.2, 0.25) is 0 Å². The molecule has 0 amide bonds. The minimum atomic E-state index is -0.875. The van der Waals surface area contributed by atoms with Crippen LogP contribution in [0.2, 0.25) is 0 Å². The second-order valence-corrected chi connectivity index (χ2v) is 5.19. The van der Waals surface area contributed by atoms with Crippen molar-refractivity contribution in [2.75, 3.05) is 0 Å². The number of hydrogen-bond acceptors (Lipinski definition) is 1. The summed E-state index contributed by atoms with van der Waals surface area (Å²) < 4.78 is 39.6. The number of rotatable bonds is 3. The van der Waals surface area contributed by atoms with Crippen molar-refractivity contribution in [3.63, 3.8) is 0 Å². The summed E-state index contributed by atoms with van der Waals surface area (Å²) in [5.41, 5.74) is -0.0741. The van der Waals surface area contributed by atoms with Crippen molar-refractivity contribution in [2.45, 2.75) is 45.2 Å². The summed E-state index contributed by atoms with van der Waals surface area (Å²) >= 11 is 0. The summed E-state index contributed by atoms with van der Waals surface area (Å²) in [6.07, 6.45) is 4.36. The average Bonchev–Trinajstić information content (AvgIpc) is 2.30. The van der Waals surface area contributed by atoms with Crippen LogP contribution in [-0.4, -0.2) is 6.04 Å². The zero-order valence-corrected chi connectivity index (χ0v) is 10.5. The van der Waals surface area contributed by atoms with Gasteiger partial charge in [0.05, 0.1) is 0 Å².